The second-order valence-corrected chi connectivity index (χ2v) is 20.5. The van der Waals surface area contributed by atoms with Crippen LogP contribution in [0.25, 0.3) is 28.0 Å². The Morgan fingerprint density at radius 2 is 1.65 bits per heavy atom. The molecule has 4 N–H and O–H groups in total. The Kier molecular flexibility index (Phi) is 18.3. The van der Waals surface area contributed by atoms with Crippen molar-refractivity contribution in [1.29, 1.82) is 0 Å². The fourth-order valence-corrected chi connectivity index (χ4v) is 10.7. The molecule has 4 aromatic heterocycles. The summed E-state index contributed by atoms with van der Waals surface area (Å²) < 4.78 is 80.4. The highest BCUT2D eigenvalue weighted by Crippen LogP contribution is 2.38. The summed E-state index contributed by atoms with van der Waals surface area (Å²) in [6, 6.07) is 21.0. The van der Waals surface area contributed by atoms with E-state index in [1.54, 1.807) is 30.1 Å². The van der Waals surface area contributed by atoms with Crippen LogP contribution >= 0.6 is 23.4 Å². The number of nitrogens with zero attached hydrogens (tertiary/aromatic N) is 9. The van der Waals surface area contributed by atoms with E-state index in [1.807, 2.05) is 31.2 Å². The number of benzene rings is 3. The quantitative estimate of drug-likeness (QED) is 0.0314. The van der Waals surface area contributed by atoms with E-state index in [0.29, 0.717) is 89.4 Å². The van der Waals surface area contributed by atoms with Gasteiger partial charge in [-0.2, -0.15) is 18.3 Å². The number of hydrogen-bond acceptors (Lipinski definition) is 15. The van der Waals surface area contributed by atoms with Crippen molar-refractivity contribution in [3.05, 3.63) is 135 Å². The van der Waals surface area contributed by atoms with Gasteiger partial charge in [-0.25, -0.2) is 28.4 Å². The van der Waals surface area contributed by atoms with Crippen molar-refractivity contribution in [1.82, 2.24) is 54.6 Å². The molecule has 81 heavy (non-hydrogen) atoms. The molecule has 0 saturated carbocycles. The van der Waals surface area contributed by atoms with Crippen LogP contribution in [-0.2, 0) is 16.1 Å². The molecule has 27 heteroatoms. The number of thioether (sulfide) groups is 1. The maximum Gasteiger partial charge on any atom is 0.405 e. The lowest BCUT2D eigenvalue weighted by Gasteiger charge is -2.34. The normalized spacial score (nSPS) is 15.5. The largest absolute Gasteiger partial charge is 0.492 e. The molecule has 0 bridgehead atoms. The van der Waals surface area contributed by atoms with Crippen LogP contribution in [0.3, 0.4) is 0 Å². The average molecular weight is 1160 g/mol. The van der Waals surface area contributed by atoms with E-state index in [9.17, 15) is 45.9 Å². The van der Waals surface area contributed by atoms with Crippen LogP contribution in [0.15, 0.2) is 112 Å². The number of alkyl halides is 5. The number of anilines is 2. The Labute approximate surface area is 469 Å². The van der Waals surface area contributed by atoms with Crippen LogP contribution in [0.4, 0.5) is 33.5 Å². The molecule has 426 valence electrons. The van der Waals surface area contributed by atoms with Gasteiger partial charge in [-0.1, -0.05) is 35.5 Å². The Morgan fingerprint density at radius 1 is 0.914 bits per heavy atom. The van der Waals surface area contributed by atoms with Crippen LogP contribution in [0.1, 0.15) is 57.1 Å². The number of amides is 4. The first kappa shape index (κ1) is 57.7. The predicted octanol–water partition coefficient (Wildman–Crippen LogP) is 7.32. The number of rotatable bonds is 21. The highest BCUT2D eigenvalue weighted by molar-refractivity contribution is 8.00. The molecule has 6 heterocycles. The summed E-state index contributed by atoms with van der Waals surface area (Å²) in [5, 5.41) is 14.5. The van der Waals surface area contributed by atoms with Crippen molar-refractivity contribution in [3.63, 3.8) is 0 Å². The van der Waals surface area contributed by atoms with Crippen molar-refractivity contribution >= 4 is 69.4 Å². The average Bonchev–Trinajstić information content (AvgIpc) is 4.34. The molecule has 0 aliphatic carbocycles. The minimum Gasteiger partial charge on any atom is -0.492 e. The predicted molar refractivity (Wildman–Crippen MR) is 292 cm³/mol. The molecule has 3 aromatic carbocycles. The van der Waals surface area contributed by atoms with Gasteiger partial charge in [0.25, 0.3) is 23.8 Å². The number of halogens is 6. The van der Waals surface area contributed by atoms with Crippen molar-refractivity contribution < 1.29 is 50.3 Å². The number of carbonyl (C=O) groups is 4. The summed E-state index contributed by atoms with van der Waals surface area (Å²) in [5.41, 5.74) is 0.411. The number of nitrogens with one attached hydrogen (secondary N) is 4. The summed E-state index contributed by atoms with van der Waals surface area (Å²) in [6.07, 6.45) is -3.65. The second kappa shape index (κ2) is 25.7. The lowest BCUT2D eigenvalue weighted by molar-refractivity contribution is -0.130. The number of oxazole rings is 1. The van der Waals surface area contributed by atoms with Gasteiger partial charge in [0.2, 0.25) is 17.7 Å². The number of fused-ring (bicyclic) bond motifs is 1. The van der Waals surface area contributed by atoms with Crippen molar-refractivity contribution in [2.24, 2.45) is 5.92 Å². The molecule has 20 nitrogen and oxygen atoms in total. The maximum atomic E-state index is 14.3. The third-order valence-corrected chi connectivity index (χ3v) is 15.1. The minimum atomic E-state index is -4.49. The van der Waals surface area contributed by atoms with Gasteiger partial charge in [0.1, 0.15) is 36.2 Å². The van der Waals surface area contributed by atoms with Gasteiger partial charge in [-0.3, -0.25) is 38.3 Å². The van der Waals surface area contributed by atoms with E-state index in [-0.39, 0.29) is 64.4 Å². The zero-order valence-corrected chi connectivity index (χ0v) is 45.3. The first-order chi connectivity index (χ1) is 38.9. The molecule has 0 radical (unpaired) electrons. The van der Waals surface area contributed by atoms with Crippen LogP contribution in [0.2, 0.25) is 5.02 Å². The van der Waals surface area contributed by atoms with E-state index in [1.165, 1.54) is 65.1 Å². The van der Waals surface area contributed by atoms with Crippen LogP contribution < -0.4 is 31.6 Å². The molecule has 2 atom stereocenters. The lowest BCUT2D eigenvalue weighted by atomic mass is 10.1. The zero-order valence-electron chi connectivity index (χ0n) is 43.7. The number of ether oxygens (including phenoxy) is 1. The third-order valence-electron chi connectivity index (χ3n) is 13.6. The number of pyridine rings is 1. The zero-order chi connectivity index (χ0) is 57.4. The Morgan fingerprint density at radius 3 is 2.36 bits per heavy atom. The van der Waals surface area contributed by atoms with Crippen molar-refractivity contribution in [3.8, 4) is 22.9 Å². The highest BCUT2D eigenvalue weighted by atomic mass is 35.5. The van der Waals surface area contributed by atoms with Gasteiger partial charge in [-0.15, -0.1) is 0 Å². The van der Waals surface area contributed by atoms with Crippen molar-refractivity contribution in [2.45, 2.75) is 42.9 Å². The summed E-state index contributed by atoms with van der Waals surface area (Å²) in [6.45, 7) is 6.72. The van der Waals surface area contributed by atoms with Crippen LogP contribution in [0.5, 0.6) is 5.75 Å². The van der Waals surface area contributed by atoms with Gasteiger partial charge in [0, 0.05) is 94.8 Å². The summed E-state index contributed by atoms with van der Waals surface area (Å²) in [5.74, 6) is -1.49. The molecule has 2 aliphatic heterocycles. The van der Waals surface area contributed by atoms with E-state index < -0.39 is 36.0 Å². The number of carbonyl (C=O) groups excluding carboxylic acids is 4. The maximum absolute atomic E-state index is 14.3. The van der Waals surface area contributed by atoms with E-state index in [4.69, 9.17) is 25.7 Å². The molecule has 2 aliphatic rings. The lowest BCUT2D eigenvalue weighted by Crippen LogP contribution is -2.49. The minimum absolute atomic E-state index is 0.115. The number of likely N-dealkylation sites (tertiary alicyclic amines) is 1. The molecule has 1 unspecified atom stereocenters. The first-order valence-electron chi connectivity index (χ1n) is 25.8. The summed E-state index contributed by atoms with van der Waals surface area (Å²) in [7, 11) is 1.58. The highest BCUT2D eigenvalue weighted by Gasteiger charge is 2.36. The third kappa shape index (κ3) is 14.3. The van der Waals surface area contributed by atoms with E-state index in [2.05, 4.69) is 46.1 Å². The van der Waals surface area contributed by atoms with Gasteiger partial charge in [-0.05, 0) is 85.6 Å². The Bertz CT molecular complexity index is 3450. The fraction of sp³-hybridized carbons (Fsp3) is 0.352. The SMILES string of the molecule is CCn1c(SC(C(=O)N2CC[C@H](C(=O)NC)C2)c2ccc(OCCN3CCN(CCNC(=O)c4ccc(-n5cc(NC(=O)c6coc(-c7ccnc(NCC(F)(F)F)c7)n6)c(C(F)F)n5)cc4)CC3)cc2)nc2ccc(Cl)cc2c1=O. The standard InChI is InChI=1S/C54H55ClF5N13O7S/c1-3-72-51(77)39-27-36(55)8-13-40(39)67-53(72)81-45(52(78)71-18-15-35(28-71)47(74)61-2)32-6-11-38(12-7-32)79-25-24-70-22-20-69(21-23-70)19-17-63-48(75)33-4-9-37(10-5-33)73-29-41(44(68-73)46(56)57)65-49(76)42-30-80-50(66-42)34-14-16-62-43(26-34)64-31-54(58,59)60/h4-14,16,26-27,29-30,35,45-46H,3,15,17-25,28,31H2,1-2H3,(H,61,74)(H,62,64)(H,63,75)(H,65,76)/t35-,45?/m0/s1. The van der Waals surface area contributed by atoms with Gasteiger partial charge < -0.3 is 35.3 Å². The summed E-state index contributed by atoms with van der Waals surface area (Å²) in [4.78, 5) is 85.5. The molecule has 2 fully saturated rings. The molecular formula is C54H55ClF5N13O7S. The molecule has 0 spiro atoms. The molecule has 2 saturated heterocycles. The molecule has 9 rings (SSSR count). The van der Waals surface area contributed by atoms with E-state index in [0.717, 1.165) is 37.1 Å². The Balaban J connectivity index is 0.726. The number of hydrogen-bond donors (Lipinski definition) is 4. The topological polar surface area (TPSA) is 227 Å². The van der Waals surface area contributed by atoms with Crippen LogP contribution in [-0.4, -0.2) is 153 Å². The van der Waals surface area contributed by atoms with Crippen LogP contribution in [0, 0.1) is 5.92 Å². The monoisotopic (exact) mass is 1160 g/mol. The van der Waals surface area contributed by atoms with E-state index >= 15 is 0 Å². The summed E-state index contributed by atoms with van der Waals surface area (Å²) >= 11 is 7.41. The first-order valence-corrected chi connectivity index (χ1v) is 27.0. The molecule has 7 aromatic rings. The van der Waals surface area contributed by atoms with Gasteiger partial charge in [0.05, 0.1) is 34.4 Å². The number of aromatic nitrogens is 6. The smallest absolute Gasteiger partial charge is 0.405 e. The van der Waals surface area contributed by atoms with Crippen molar-refractivity contribution in [2.75, 3.05) is 89.7 Å². The molecular weight excluding hydrogens is 1110 g/mol. The Hall–Kier alpha value is -7.94. The van der Waals surface area contributed by atoms with Gasteiger partial charge >= 0.3 is 6.18 Å². The second-order valence-electron chi connectivity index (χ2n) is 19.0. The van der Waals surface area contributed by atoms with Gasteiger partial charge in [0.15, 0.2) is 16.5 Å². The number of piperazine rings is 1. The molecule has 4 amide bonds. The fourth-order valence-electron chi connectivity index (χ4n) is 9.24.